The molecule has 3 aromatic rings. The zero-order chi connectivity index (χ0) is 31.1. The number of amidine groups is 1. The van der Waals surface area contributed by atoms with Crippen LogP contribution in [0.1, 0.15) is 50.0 Å². The SMILES string of the molecule is C=CC(=O)N1CCC(C(OCCCC)c2cc(C(N)=Nc3ccc(Cl)c(Cl)c3F)c([N-]C)n2S(=O)c2ccccc2)CC1.[K+]. The standard InChI is InChI=1S/C31H35Cl2FN5O3S.K/c1-4-6-18-42-29(20-14-16-38(17-15-20)26(40)5-2)25-19-22(30(35)37-24-13-12-23(32)27(33)28(24)34)31(36-3)39(25)43(41)21-10-8-7-9-11-21;/h5,7-13,19-20,29H,2,4,6,14-18H2,1,3H3,(H2-,35,36,37);/q-1;+1. The van der Waals surface area contributed by atoms with Crippen LogP contribution in [0.15, 0.2) is 71.1 Å². The summed E-state index contributed by atoms with van der Waals surface area (Å²) in [5.41, 5.74) is 7.37. The van der Waals surface area contributed by atoms with Gasteiger partial charge in [-0.1, -0.05) is 68.4 Å². The van der Waals surface area contributed by atoms with E-state index in [1.807, 2.05) is 18.2 Å². The van der Waals surface area contributed by atoms with Crippen LogP contribution in [-0.2, 0) is 20.5 Å². The normalized spacial score (nSPS) is 15.4. The Hall–Kier alpha value is -1.54. The molecule has 44 heavy (non-hydrogen) atoms. The van der Waals surface area contributed by atoms with E-state index in [0.29, 0.717) is 54.5 Å². The molecule has 4 rings (SSSR count). The Balaban J connectivity index is 0.00000529. The number of carbonyl (C=O) groups excluding carboxylic acids is 1. The van der Waals surface area contributed by atoms with E-state index in [2.05, 4.69) is 23.8 Å². The van der Waals surface area contributed by atoms with Gasteiger partial charge in [0.25, 0.3) is 0 Å². The fourth-order valence-electron chi connectivity index (χ4n) is 5.08. The van der Waals surface area contributed by atoms with Crippen LogP contribution >= 0.6 is 23.2 Å². The average Bonchev–Trinajstić information content (AvgIpc) is 3.42. The maximum absolute atomic E-state index is 14.9. The predicted octanol–water partition coefficient (Wildman–Crippen LogP) is 4.46. The van der Waals surface area contributed by atoms with Crippen LogP contribution < -0.4 is 57.1 Å². The topological polar surface area (TPSA) is 104 Å². The molecule has 0 aliphatic carbocycles. The van der Waals surface area contributed by atoms with Gasteiger partial charge in [0, 0.05) is 30.2 Å². The second-order valence-electron chi connectivity index (χ2n) is 10.1. The van der Waals surface area contributed by atoms with Crippen molar-refractivity contribution in [2.75, 3.05) is 26.7 Å². The molecule has 2 atom stereocenters. The van der Waals surface area contributed by atoms with E-state index >= 15 is 0 Å². The maximum Gasteiger partial charge on any atom is 1.00 e. The van der Waals surface area contributed by atoms with Gasteiger partial charge in [0.15, 0.2) is 5.82 Å². The molecule has 0 saturated carbocycles. The van der Waals surface area contributed by atoms with Crippen molar-refractivity contribution < 1.29 is 69.5 Å². The predicted molar refractivity (Wildman–Crippen MR) is 172 cm³/mol. The number of aromatic nitrogens is 1. The van der Waals surface area contributed by atoms with Crippen molar-refractivity contribution in [3.63, 3.8) is 0 Å². The van der Waals surface area contributed by atoms with Crippen LogP contribution in [0, 0.1) is 11.7 Å². The fraction of sp³-hybridized carbons (Fsp3) is 0.355. The van der Waals surface area contributed by atoms with E-state index in [4.69, 9.17) is 33.7 Å². The zero-order valence-corrected chi connectivity index (χ0v) is 30.6. The molecule has 0 spiro atoms. The molecule has 13 heteroatoms. The number of ether oxygens (including phenoxy) is 1. The Morgan fingerprint density at radius 1 is 1.25 bits per heavy atom. The molecule has 1 amide bonds. The number of rotatable bonds is 12. The molecule has 0 bridgehead atoms. The number of amides is 1. The number of unbranched alkanes of at least 4 members (excludes halogenated alkanes) is 1. The van der Waals surface area contributed by atoms with Gasteiger partial charge in [0.05, 0.1) is 27.1 Å². The van der Waals surface area contributed by atoms with Crippen molar-refractivity contribution in [3.8, 4) is 0 Å². The third kappa shape index (κ3) is 8.43. The molecular weight excluding hydrogens is 651 g/mol. The average molecular weight is 687 g/mol. The summed E-state index contributed by atoms with van der Waals surface area (Å²) >= 11 is 12.0. The largest absolute Gasteiger partial charge is 1.00 e. The summed E-state index contributed by atoms with van der Waals surface area (Å²) < 4.78 is 37.2. The first kappa shape index (κ1) is 36.9. The van der Waals surface area contributed by atoms with Gasteiger partial charge in [-0.3, -0.25) is 9.00 Å². The maximum atomic E-state index is 14.9. The van der Waals surface area contributed by atoms with Gasteiger partial charge in [-0.15, -0.1) is 0 Å². The van der Waals surface area contributed by atoms with Crippen LogP contribution in [-0.4, -0.2) is 51.6 Å². The van der Waals surface area contributed by atoms with E-state index in [1.165, 1.54) is 18.2 Å². The van der Waals surface area contributed by atoms with Crippen molar-refractivity contribution >= 4 is 57.4 Å². The molecular formula is C31H35Cl2FKN5O3S. The Kier molecular flexibility index (Phi) is 14.6. The molecule has 1 aromatic heterocycles. The van der Waals surface area contributed by atoms with E-state index in [9.17, 15) is 13.4 Å². The monoisotopic (exact) mass is 685 g/mol. The number of nitrogens with two attached hydrogens (primary N) is 1. The van der Waals surface area contributed by atoms with Gasteiger partial charge in [-0.2, -0.15) is 0 Å². The fourth-order valence-corrected chi connectivity index (χ4v) is 6.67. The number of hydrogen-bond donors (Lipinski definition) is 1. The number of piperidine rings is 1. The molecule has 230 valence electrons. The van der Waals surface area contributed by atoms with E-state index < -0.39 is 22.9 Å². The van der Waals surface area contributed by atoms with E-state index in [1.54, 1.807) is 34.1 Å². The molecule has 2 N–H and O–H groups in total. The second kappa shape index (κ2) is 17.4. The first-order chi connectivity index (χ1) is 20.7. The van der Waals surface area contributed by atoms with E-state index in [0.717, 1.165) is 12.8 Å². The third-order valence-electron chi connectivity index (χ3n) is 7.35. The van der Waals surface area contributed by atoms with Crippen molar-refractivity contribution in [1.29, 1.82) is 0 Å². The van der Waals surface area contributed by atoms with Crippen molar-refractivity contribution in [2.24, 2.45) is 16.6 Å². The summed E-state index contributed by atoms with van der Waals surface area (Å²) in [6.07, 6.45) is 3.96. The van der Waals surface area contributed by atoms with Gasteiger partial charge in [0.1, 0.15) is 11.5 Å². The molecule has 1 saturated heterocycles. The first-order valence-corrected chi connectivity index (χ1v) is 15.9. The van der Waals surface area contributed by atoms with Crippen LogP contribution in [0.5, 0.6) is 0 Å². The number of aliphatic imine (C=N–C) groups is 1. The minimum Gasteiger partial charge on any atom is -0.468 e. The van der Waals surface area contributed by atoms with Gasteiger partial charge in [0.2, 0.25) is 5.91 Å². The number of likely N-dealkylation sites (tertiary alicyclic amines) is 1. The Morgan fingerprint density at radius 2 is 1.93 bits per heavy atom. The van der Waals surface area contributed by atoms with E-state index in [-0.39, 0.29) is 84.8 Å². The molecule has 2 aromatic carbocycles. The summed E-state index contributed by atoms with van der Waals surface area (Å²) in [4.78, 5) is 18.9. The van der Waals surface area contributed by atoms with Crippen LogP contribution in [0.2, 0.25) is 10.0 Å². The van der Waals surface area contributed by atoms with Gasteiger partial charge in [-0.05, 0) is 73.1 Å². The smallest absolute Gasteiger partial charge is 0.468 e. The quantitative estimate of drug-likeness (QED) is 0.0759. The van der Waals surface area contributed by atoms with Crippen molar-refractivity contribution in [3.05, 3.63) is 93.6 Å². The summed E-state index contributed by atoms with van der Waals surface area (Å²) in [5, 5.41) is 4.27. The van der Waals surface area contributed by atoms with Gasteiger partial charge in [-0.25, -0.2) is 9.38 Å². The number of carbonyl (C=O) groups is 1. The Morgan fingerprint density at radius 3 is 2.55 bits per heavy atom. The Labute approximate surface area is 313 Å². The first-order valence-electron chi connectivity index (χ1n) is 14.1. The number of halogens is 3. The molecule has 8 nitrogen and oxygen atoms in total. The number of nitrogens with zero attached hydrogens (tertiary/aromatic N) is 4. The van der Waals surface area contributed by atoms with Crippen LogP contribution in [0.3, 0.4) is 0 Å². The minimum absolute atomic E-state index is 0. The minimum atomic E-state index is -1.73. The van der Waals surface area contributed by atoms with Gasteiger partial charge >= 0.3 is 51.4 Å². The summed E-state index contributed by atoms with van der Waals surface area (Å²) in [6, 6.07) is 13.6. The number of benzene rings is 2. The van der Waals surface area contributed by atoms with Crippen LogP contribution in [0.25, 0.3) is 5.32 Å². The van der Waals surface area contributed by atoms with Crippen LogP contribution in [0.4, 0.5) is 15.9 Å². The number of hydrogen-bond acceptors (Lipinski definition) is 4. The Bertz CT molecular complexity index is 1510. The summed E-state index contributed by atoms with van der Waals surface area (Å²) in [6.45, 7) is 7.26. The molecule has 2 heterocycles. The third-order valence-corrected chi connectivity index (χ3v) is 9.53. The second-order valence-corrected chi connectivity index (χ2v) is 12.2. The molecule has 1 aliphatic heterocycles. The van der Waals surface area contributed by atoms with Crippen molar-refractivity contribution in [2.45, 2.75) is 43.6 Å². The zero-order valence-electron chi connectivity index (χ0n) is 25.1. The summed E-state index contributed by atoms with van der Waals surface area (Å²) in [5.74, 6) is -0.635. The molecule has 1 aliphatic rings. The van der Waals surface area contributed by atoms with Gasteiger partial charge < -0.3 is 24.7 Å². The molecule has 0 radical (unpaired) electrons. The summed E-state index contributed by atoms with van der Waals surface area (Å²) in [7, 11) is -0.159. The molecule has 1 fully saturated rings. The van der Waals surface area contributed by atoms with Crippen molar-refractivity contribution in [1.82, 2.24) is 8.87 Å². The molecule has 2 unspecified atom stereocenters.